The van der Waals surface area contributed by atoms with Crippen LogP contribution in [0.4, 0.5) is 0 Å². The van der Waals surface area contributed by atoms with Crippen LogP contribution in [0.15, 0.2) is 41.8 Å². The zero-order valence-corrected chi connectivity index (χ0v) is 13.9. The number of benzene rings is 1. The lowest BCUT2D eigenvalue weighted by atomic mass is 10.1. The van der Waals surface area contributed by atoms with Crippen LogP contribution in [-0.4, -0.2) is 38.8 Å². The van der Waals surface area contributed by atoms with Crippen molar-refractivity contribution in [1.29, 1.82) is 0 Å². The van der Waals surface area contributed by atoms with E-state index in [2.05, 4.69) is 43.5 Å². The molecule has 0 unspecified atom stereocenters. The van der Waals surface area contributed by atoms with Crippen molar-refractivity contribution in [2.75, 3.05) is 12.3 Å². The van der Waals surface area contributed by atoms with Crippen LogP contribution in [0.2, 0.25) is 0 Å². The number of thiophene rings is 1. The van der Waals surface area contributed by atoms with Crippen LogP contribution < -0.4 is 5.32 Å². The molecule has 0 saturated heterocycles. The van der Waals surface area contributed by atoms with E-state index < -0.39 is 0 Å². The van der Waals surface area contributed by atoms with E-state index in [4.69, 9.17) is 0 Å². The van der Waals surface area contributed by atoms with Gasteiger partial charge in [0.1, 0.15) is 0 Å². The molecular weight excluding hydrogens is 330 g/mol. The zero-order valence-electron chi connectivity index (χ0n) is 12.2. The van der Waals surface area contributed by atoms with Crippen molar-refractivity contribution in [3.8, 4) is 11.4 Å². The summed E-state index contributed by atoms with van der Waals surface area (Å²) in [5.41, 5.74) is 1.45. The average molecular weight is 345 g/mol. The summed E-state index contributed by atoms with van der Waals surface area (Å²) < 4.78 is 0. The number of rotatable bonds is 7. The molecule has 0 bridgehead atoms. The van der Waals surface area contributed by atoms with Gasteiger partial charge in [0.15, 0.2) is 0 Å². The molecule has 0 saturated carbocycles. The molecule has 6 nitrogen and oxygen atoms in total. The number of thioether (sulfide) groups is 1. The normalized spacial score (nSPS) is 10.6. The Bertz CT molecular complexity index is 726. The largest absolute Gasteiger partial charge is 0.351 e. The van der Waals surface area contributed by atoms with E-state index in [1.807, 2.05) is 23.9 Å². The lowest BCUT2D eigenvalue weighted by molar-refractivity contribution is 0.0956. The highest BCUT2D eigenvalue weighted by molar-refractivity contribution is 7.98. The monoisotopic (exact) mass is 345 g/mol. The number of amides is 1. The van der Waals surface area contributed by atoms with E-state index in [1.165, 1.54) is 4.88 Å². The number of hydrogen-bond acceptors (Lipinski definition) is 6. The fraction of sp³-hybridized carbons (Fsp3) is 0.200. The molecule has 0 aliphatic heterocycles. The first kappa shape index (κ1) is 15.7. The fourth-order valence-corrected chi connectivity index (χ4v) is 3.66. The standard InChI is InChI=1S/C15H15N5OS2/c21-15(16-7-9-22-10-13-2-1-8-23-13)12-5-3-11(4-6-12)14-17-19-20-18-14/h1-6,8H,7,9-10H2,(H,16,21)(H,17,18,19,20). The number of nitrogens with zero attached hydrogens (tertiary/aromatic N) is 3. The van der Waals surface area contributed by atoms with Crippen molar-refractivity contribution in [1.82, 2.24) is 25.9 Å². The van der Waals surface area contributed by atoms with E-state index in [-0.39, 0.29) is 5.91 Å². The lowest BCUT2D eigenvalue weighted by Crippen LogP contribution is -2.25. The van der Waals surface area contributed by atoms with Crippen molar-refractivity contribution in [3.63, 3.8) is 0 Å². The summed E-state index contributed by atoms with van der Waals surface area (Å²) in [7, 11) is 0. The SMILES string of the molecule is O=C(NCCSCc1cccs1)c1ccc(-c2nn[nH]n2)cc1. The molecule has 1 aromatic carbocycles. The third-order valence-electron chi connectivity index (χ3n) is 3.11. The topological polar surface area (TPSA) is 83.6 Å². The second-order valence-corrected chi connectivity index (χ2v) is 6.84. The number of carbonyl (C=O) groups excluding carboxylic acids is 1. The van der Waals surface area contributed by atoms with Gasteiger partial charge >= 0.3 is 0 Å². The molecule has 0 fully saturated rings. The van der Waals surface area contributed by atoms with Gasteiger partial charge in [-0.05, 0) is 28.8 Å². The van der Waals surface area contributed by atoms with E-state index in [9.17, 15) is 4.79 Å². The molecule has 0 atom stereocenters. The summed E-state index contributed by atoms with van der Waals surface area (Å²) in [4.78, 5) is 13.4. The Morgan fingerprint density at radius 1 is 1.26 bits per heavy atom. The van der Waals surface area contributed by atoms with Crippen molar-refractivity contribution in [3.05, 3.63) is 52.2 Å². The highest BCUT2D eigenvalue weighted by atomic mass is 32.2. The summed E-state index contributed by atoms with van der Waals surface area (Å²) in [6.07, 6.45) is 0. The van der Waals surface area contributed by atoms with Gasteiger partial charge in [-0.25, -0.2) is 0 Å². The second kappa shape index (κ2) is 7.89. The first-order chi connectivity index (χ1) is 11.3. The molecule has 0 radical (unpaired) electrons. The third kappa shape index (κ3) is 4.40. The number of nitrogens with one attached hydrogen (secondary N) is 2. The molecule has 23 heavy (non-hydrogen) atoms. The van der Waals surface area contributed by atoms with Crippen LogP contribution in [-0.2, 0) is 5.75 Å². The van der Waals surface area contributed by atoms with Crippen LogP contribution in [0.3, 0.4) is 0 Å². The number of aromatic amines is 1. The molecule has 0 spiro atoms. The van der Waals surface area contributed by atoms with Gasteiger partial charge in [-0.15, -0.1) is 21.5 Å². The number of carbonyl (C=O) groups is 1. The Hall–Kier alpha value is -2.19. The summed E-state index contributed by atoms with van der Waals surface area (Å²) in [6.45, 7) is 0.654. The zero-order chi connectivity index (χ0) is 15.9. The van der Waals surface area contributed by atoms with Crippen LogP contribution >= 0.6 is 23.1 Å². The maximum atomic E-state index is 12.1. The van der Waals surface area contributed by atoms with Gasteiger partial charge in [-0.2, -0.15) is 17.0 Å². The maximum absolute atomic E-state index is 12.1. The lowest BCUT2D eigenvalue weighted by Gasteiger charge is -2.05. The van der Waals surface area contributed by atoms with Crippen molar-refractivity contribution in [2.45, 2.75) is 5.75 Å². The summed E-state index contributed by atoms with van der Waals surface area (Å²) in [5, 5.41) is 18.7. The van der Waals surface area contributed by atoms with E-state index >= 15 is 0 Å². The quantitative estimate of drug-likeness (QED) is 0.643. The van der Waals surface area contributed by atoms with Crippen molar-refractivity contribution >= 4 is 29.0 Å². The minimum Gasteiger partial charge on any atom is -0.351 e. The van der Waals surface area contributed by atoms with Gasteiger partial charge in [0.05, 0.1) is 0 Å². The molecule has 2 aromatic heterocycles. The number of H-pyrrole nitrogens is 1. The van der Waals surface area contributed by atoms with Gasteiger partial charge in [0.2, 0.25) is 5.82 Å². The molecule has 2 N–H and O–H groups in total. The van der Waals surface area contributed by atoms with Crippen molar-refractivity contribution in [2.24, 2.45) is 0 Å². The highest BCUT2D eigenvalue weighted by Crippen LogP contribution is 2.16. The van der Waals surface area contributed by atoms with E-state index in [0.717, 1.165) is 17.1 Å². The Morgan fingerprint density at radius 3 is 2.83 bits per heavy atom. The van der Waals surface area contributed by atoms with Crippen LogP contribution in [0.25, 0.3) is 11.4 Å². The molecular formula is C15H15N5OS2. The first-order valence-corrected chi connectivity index (χ1v) is 9.08. The van der Waals surface area contributed by atoms with Gasteiger partial charge in [0.25, 0.3) is 5.91 Å². The van der Waals surface area contributed by atoms with Gasteiger partial charge in [-0.1, -0.05) is 18.2 Å². The molecule has 1 amide bonds. The highest BCUT2D eigenvalue weighted by Gasteiger charge is 2.07. The van der Waals surface area contributed by atoms with E-state index in [1.54, 1.807) is 23.5 Å². The molecule has 2 heterocycles. The molecule has 118 valence electrons. The predicted molar refractivity (Wildman–Crippen MR) is 92.4 cm³/mol. The van der Waals surface area contributed by atoms with Gasteiger partial charge in [0, 0.05) is 34.1 Å². The Balaban J connectivity index is 1.43. The number of tetrazole rings is 1. The fourth-order valence-electron chi connectivity index (χ4n) is 1.96. The third-order valence-corrected chi connectivity index (χ3v) is 5.17. The Kier molecular flexibility index (Phi) is 5.38. The first-order valence-electron chi connectivity index (χ1n) is 7.05. The number of aromatic nitrogens is 4. The smallest absolute Gasteiger partial charge is 0.251 e. The Labute approximate surface area is 141 Å². The van der Waals surface area contributed by atoms with Crippen LogP contribution in [0.5, 0.6) is 0 Å². The second-order valence-electron chi connectivity index (χ2n) is 4.70. The Morgan fingerprint density at radius 2 is 2.13 bits per heavy atom. The van der Waals surface area contributed by atoms with Crippen molar-refractivity contribution < 1.29 is 4.79 Å². The van der Waals surface area contributed by atoms with Gasteiger partial charge in [-0.3, -0.25) is 4.79 Å². The molecule has 8 heteroatoms. The minimum atomic E-state index is -0.0682. The number of hydrogen-bond donors (Lipinski definition) is 2. The van der Waals surface area contributed by atoms with Crippen LogP contribution in [0, 0.1) is 0 Å². The van der Waals surface area contributed by atoms with Crippen LogP contribution in [0.1, 0.15) is 15.2 Å². The summed E-state index contributed by atoms with van der Waals surface area (Å²) in [5.74, 6) is 2.33. The molecule has 0 aliphatic carbocycles. The maximum Gasteiger partial charge on any atom is 0.251 e. The molecule has 3 rings (SSSR count). The predicted octanol–water partition coefficient (Wildman–Crippen LogP) is 2.59. The summed E-state index contributed by atoms with van der Waals surface area (Å²) in [6, 6.07) is 11.3. The molecule has 3 aromatic rings. The van der Waals surface area contributed by atoms with Gasteiger partial charge < -0.3 is 5.32 Å². The molecule has 0 aliphatic rings. The minimum absolute atomic E-state index is 0.0682. The summed E-state index contributed by atoms with van der Waals surface area (Å²) >= 11 is 3.58. The average Bonchev–Trinajstić information content (AvgIpc) is 3.28. The van der Waals surface area contributed by atoms with E-state index in [0.29, 0.717) is 17.9 Å².